The third kappa shape index (κ3) is 6.25. The van der Waals surface area contributed by atoms with Gasteiger partial charge in [-0.05, 0) is 55.2 Å². The first-order valence-corrected chi connectivity index (χ1v) is 12.5. The van der Waals surface area contributed by atoms with Crippen LogP contribution in [0.2, 0.25) is 0 Å². The fourth-order valence-corrected chi connectivity index (χ4v) is 5.14. The first kappa shape index (κ1) is 25.0. The Hall–Kier alpha value is -2.62. The zero-order valence-corrected chi connectivity index (χ0v) is 20.4. The van der Waals surface area contributed by atoms with E-state index in [1.54, 1.807) is 19.1 Å². The normalized spacial score (nSPS) is 14.8. The summed E-state index contributed by atoms with van der Waals surface area (Å²) in [5.41, 5.74) is 2.42. The van der Waals surface area contributed by atoms with Gasteiger partial charge in [-0.3, -0.25) is 4.79 Å². The monoisotopic (exact) mass is 476 g/mol. The van der Waals surface area contributed by atoms with E-state index in [0.29, 0.717) is 31.3 Å². The molecule has 2 aromatic carbocycles. The molecule has 0 spiro atoms. The fourth-order valence-electron chi connectivity index (χ4n) is 3.57. The zero-order chi connectivity index (χ0) is 24.0. The molecule has 0 bridgehead atoms. The fraction of sp³-hybridized carbons (Fsp3) is 0.458. The van der Waals surface area contributed by atoms with Gasteiger partial charge in [0.15, 0.2) is 6.61 Å². The number of anilines is 1. The summed E-state index contributed by atoms with van der Waals surface area (Å²) in [7, 11) is -3.80. The lowest BCUT2D eigenvalue weighted by Gasteiger charge is -2.27. The first-order chi connectivity index (χ1) is 15.7. The van der Waals surface area contributed by atoms with Gasteiger partial charge in [0.05, 0.1) is 19.8 Å². The highest BCUT2D eigenvalue weighted by Crippen LogP contribution is 2.31. The van der Waals surface area contributed by atoms with E-state index in [1.807, 2.05) is 25.1 Å². The van der Waals surface area contributed by atoms with E-state index in [2.05, 4.69) is 19.2 Å². The van der Waals surface area contributed by atoms with Crippen LogP contribution in [-0.4, -0.2) is 58.1 Å². The molecule has 0 atom stereocenters. The molecule has 1 heterocycles. The van der Waals surface area contributed by atoms with Gasteiger partial charge in [0.25, 0.3) is 5.91 Å². The summed E-state index contributed by atoms with van der Waals surface area (Å²) in [6.45, 7) is 9.23. The van der Waals surface area contributed by atoms with Crippen LogP contribution in [-0.2, 0) is 19.6 Å². The number of carbonyl (C=O) groups is 1. The van der Waals surface area contributed by atoms with Gasteiger partial charge in [-0.2, -0.15) is 4.31 Å². The predicted molar refractivity (Wildman–Crippen MR) is 127 cm³/mol. The Balaban J connectivity index is 1.77. The molecule has 9 heteroatoms. The van der Waals surface area contributed by atoms with Gasteiger partial charge in [0.2, 0.25) is 10.0 Å². The highest BCUT2D eigenvalue weighted by molar-refractivity contribution is 7.89. The van der Waals surface area contributed by atoms with E-state index in [4.69, 9.17) is 14.2 Å². The van der Waals surface area contributed by atoms with E-state index in [9.17, 15) is 13.2 Å². The molecule has 0 unspecified atom stereocenters. The smallest absolute Gasteiger partial charge is 0.262 e. The van der Waals surface area contributed by atoms with Crippen LogP contribution < -0.4 is 14.8 Å². The predicted octanol–water partition coefficient (Wildman–Crippen LogP) is 3.56. The lowest BCUT2D eigenvalue weighted by Crippen LogP contribution is -2.40. The number of carbonyl (C=O) groups excluding carboxylic acids is 1. The second kappa shape index (κ2) is 11.0. The molecule has 33 heavy (non-hydrogen) atoms. The molecule has 180 valence electrons. The third-order valence-corrected chi connectivity index (χ3v) is 7.18. The van der Waals surface area contributed by atoms with Crippen molar-refractivity contribution < 1.29 is 27.4 Å². The van der Waals surface area contributed by atoms with Crippen molar-refractivity contribution in [3.63, 3.8) is 0 Å². The molecular formula is C24H32N2O6S. The number of aryl methyl sites for hydroxylation is 1. The summed E-state index contributed by atoms with van der Waals surface area (Å²) in [4.78, 5) is 12.6. The minimum Gasteiger partial charge on any atom is -0.492 e. The number of benzene rings is 2. The second-order valence-electron chi connectivity index (χ2n) is 8.14. The van der Waals surface area contributed by atoms with Crippen LogP contribution in [0.1, 0.15) is 37.8 Å². The van der Waals surface area contributed by atoms with Crippen molar-refractivity contribution in [1.29, 1.82) is 0 Å². The highest BCUT2D eigenvalue weighted by atomic mass is 32.2. The number of hydrogen-bond acceptors (Lipinski definition) is 6. The van der Waals surface area contributed by atoms with Crippen LogP contribution >= 0.6 is 0 Å². The lowest BCUT2D eigenvalue weighted by molar-refractivity contribution is -0.118. The third-order valence-electron chi connectivity index (χ3n) is 5.27. The minimum atomic E-state index is -3.80. The number of nitrogens with one attached hydrogen (secondary N) is 1. The SMILES string of the molecule is CCOc1ccc(NC(=O)COc2cc(C)ccc2C(C)C)cc1S(=O)(=O)N1CCOCC1. The molecule has 2 aromatic rings. The molecule has 0 aromatic heterocycles. The van der Waals surface area contributed by atoms with Crippen LogP contribution in [0.25, 0.3) is 0 Å². The van der Waals surface area contributed by atoms with Gasteiger partial charge >= 0.3 is 0 Å². The number of rotatable bonds is 9. The van der Waals surface area contributed by atoms with Crippen molar-refractivity contribution in [1.82, 2.24) is 4.31 Å². The maximum absolute atomic E-state index is 13.2. The van der Waals surface area contributed by atoms with E-state index >= 15 is 0 Å². The molecule has 0 saturated carbocycles. The molecule has 1 N–H and O–H groups in total. The van der Waals surface area contributed by atoms with Crippen molar-refractivity contribution in [3.8, 4) is 11.5 Å². The van der Waals surface area contributed by atoms with Gasteiger partial charge in [-0.1, -0.05) is 26.0 Å². The van der Waals surface area contributed by atoms with Gasteiger partial charge in [0.1, 0.15) is 16.4 Å². The van der Waals surface area contributed by atoms with Crippen molar-refractivity contribution in [2.75, 3.05) is 44.8 Å². The Morgan fingerprint density at radius 1 is 1.09 bits per heavy atom. The molecule has 1 aliphatic heterocycles. The van der Waals surface area contributed by atoms with Crippen LogP contribution in [0.3, 0.4) is 0 Å². The summed E-state index contributed by atoms with van der Waals surface area (Å²) < 4.78 is 44.4. The maximum Gasteiger partial charge on any atom is 0.262 e. The number of amides is 1. The first-order valence-electron chi connectivity index (χ1n) is 11.1. The molecule has 8 nitrogen and oxygen atoms in total. The van der Waals surface area contributed by atoms with Crippen molar-refractivity contribution >= 4 is 21.6 Å². The summed E-state index contributed by atoms with van der Waals surface area (Å²) in [6, 6.07) is 10.5. The molecule has 1 saturated heterocycles. The molecular weight excluding hydrogens is 444 g/mol. The van der Waals surface area contributed by atoms with E-state index in [1.165, 1.54) is 10.4 Å². The number of nitrogens with zero attached hydrogens (tertiary/aromatic N) is 1. The summed E-state index contributed by atoms with van der Waals surface area (Å²) in [6.07, 6.45) is 0. The minimum absolute atomic E-state index is 0.0192. The lowest BCUT2D eigenvalue weighted by atomic mass is 10.0. The molecule has 3 rings (SSSR count). The summed E-state index contributed by atoms with van der Waals surface area (Å²) in [5.74, 6) is 0.787. The van der Waals surface area contributed by atoms with E-state index in [-0.39, 0.29) is 42.2 Å². The Morgan fingerprint density at radius 3 is 2.48 bits per heavy atom. The topological polar surface area (TPSA) is 94.2 Å². The van der Waals surface area contributed by atoms with Crippen LogP contribution in [0.4, 0.5) is 5.69 Å². The van der Waals surface area contributed by atoms with Gasteiger partial charge in [-0.25, -0.2) is 8.42 Å². The molecule has 1 amide bonds. The van der Waals surface area contributed by atoms with E-state index in [0.717, 1.165) is 11.1 Å². The Labute approximate surface area is 195 Å². The highest BCUT2D eigenvalue weighted by Gasteiger charge is 2.29. The summed E-state index contributed by atoms with van der Waals surface area (Å²) >= 11 is 0. The molecule has 0 radical (unpaired) electrons. The quantitative estimate of drug-likeness (QED) is 0.595. The van der Waals surface area contributed by atoms with Gasteiger partial charge < -0.3 is 19.5 Å². The van der Waals surface area contributed by atoms with Crippen LogP contribution in [0.5, 0.6) is 11.5 Å². The number of hydrogen-bond donors (Lipinski definition) is 1. The van der Waals surface area contributed by atoms with Crippen molar-refractivity contribution in [3.05, 3.63) is 47.5 Å². The van der Waals surface area contributed by atoms with Gasteiger partial charge in [0, 0.05) is 18.8 Å². The number of morpholine rings is 1. The molecule has 1 aliphatic rings. The van der Waals surface area contributed by atoms with Crippen LogP contribution in [0.15, 0.2) is 41.3 Å². The van der Waals surface area contributed by atoms with E-state index < -0.39 is 10.0 Å². The Kier molecular flexibility index (Phi) is 8.34. The Morgan fingerprint density at radius 2 is 1.82 bits per heavy atom. The largest absolute Gasteiger partial charge is 0.492 e. The summed E-state index contributed by atoms with van der Waals surface area (Å²) in [5, 5.41) is 2.73. The zero-order valence-electron chi connectivity index (χ0n) is 19.6. The van der Waals surface area contributed by atoms with Crippen LogP contribution in [0, 0.1) is 6.92 Å². The number of ether oxygens (including phenoxy) is 3. The number of sulfonamides is 1. The average Bonchev–Trinajstić information content (AvgIpc) is 2.79. The molecule has 0 aliphatic carbocycles. The van der Waals surface area contributed by atoms with Gasteiger partial charge in [-0.15, -0.1) is 0 Å². The molecule has 1 fully saturated rings. The van der Waals surface area contributed by atoms with Crippen molar-refractivity contribution in [2.45, 2.75) is 38.5 Å². The maximum atomic E-state index is 13.2. The average molecular weight is 477 g/mol. The van der Waals surface area contributed by atoms with Crippen molar-refractivity contribution in [2.24, 2.45) is 0 Å². The standard InChI is InChI=1S/C24H32N2O6S/c1-5-31-21-9-7-19(15-23(21)33(28,29)26-10-12-30-13-11-26)25-24(27)16-32-22-14-18(4)6-8-20(22)17(2)3/h6-9,14-15,17H,5,10-13,16H2,1-4H3,(H,25,27). The Bertz CT molecular complexity index is 1080. The second-order valence-corrected chi connectivity index (χ2v) is 10.1.